The smallest absolute Gasteiger partial charge is 0.281 e. The maximum atomic E-state index is 12.5. The highest BCUT2D eigenvalue weighted by Crippen LogP contribution is 2.26. The van der Waals surface area contributed by atoms with Crippen LogP contribution >= 0.6 is 23.6 Å². The summed E-state index contributed by atoms with van der Waals surface area (Å²) in [6, 6.07) is 0. The molecule has 1 aliphatic heterocycles. The molecule has 0 aromatic carbocycles. The first-order valence-electron chi connectivity index (χ1n) is 9.69. The lowest BCUT2D eigenvalue weighted by Crippen LogP contribution is -2.47. The summed E-state index contributed by atoms with van der Waals surface area (Å²) in [7, 11) is 0. The largest absolute Gasteiger partial charge is 0.378 e. The summed E-state index contributed by atoms with van der Waals surface area (Å²) < 4.78 is 5.36. The molecule has 3 N–H and O–H groups in total. The average molecular weight is 414 g/mol. The van der Waals surface area contributed by atoms with E-state index in [0.29, 0.717) is 29.1 Å². The van der Waals surface area contributed by atoms with Gasteiger partial charge in [-0.2, -0.15) is 0 Å². The fourth-order valence-electron chi connectivity index (χ4n) is 2.88. The van der Waals surface area contributed by atoms with Gasteiger partial charge in [0.15, 0.2) is 10.2 Å². The molecule has 1 aromatic rings. The molecule has 0 aliphatic carbocycles. The molecule has 0 spiro atoms. The Bertz CT molecular complexity index is 617. The van der Waals surface area contributed by atoms with Gasteiger partial charge in [-0.3, -0.25) is 15.6 Å². The highest BCUT2D eigenvalue weighted by Gasteiger charge is 2.20. The second-order valence-corrected chi connectivity index (χ2v) is 8.10. The number of rotatable bonds is 8. The summed E-state index contributed by atoms with van der Waals surface area (Å²) in [6.45, 7) is 10.1. The van der Waals surface area contributed by atoms with Crippen molar-refractivity contribution in [1.29, 1.82) is 0 Å². The van der Waals surface area contributed by atoms with E-state index in [4.69, 9.17) is 17.0 Å². The van der Waals surface area contributed by atoms with Gasteiger partial charge < -0.3 is 15.0 Å². The third-order valence-electron chi connectivity index (χ3n) is 4.66. The van der Waals surface area contributed by atoms with Crippen LogP contribution in [0.25, 0.3) is 0 Å². The van der Waals surface area contributed by atoms with Crippen LogP contribution in [0.15, 0.2) is 0 Å². The molecule has 0 unspecified atom stereocenters. The summed E-state index contributed by atoms with van der Waals surface area (Å²) >= 11 is 6.67. The van der Waals surface area contributed by atoms with Gasteiger partial charge in [0, 0.05) is 19.6 Å². The number of carbonyl (C=O) groups excluding carboxylic acids is 1. The molecule has 1 saturated heterocycles. The van der Waals surface area contributed by atoms with E-state index < -0.39 is 0 Å². The molecule has 7 nitrogen and oxygen atoms in total. The molecule has 1 aromatic heterocycles. The number of carbonyl (C=O) groups is 1. The minimum Gasteiger partial charge on any atom is -0.378 e. The van der Waals surface area contributed by atoms with Crippen LogP contribution in [0.3, 0.4) is 0 Å². The Morgan fingerprint density at radius 1 is 1.33 bits per heavy atom. The molecule has 1 amide bonds. The maximum absolute atomic E-state index is 12.5. The number of nitrogens with one attached hydrogen (secondary N) is 3. The monoisotopic (exact) mass is 413 g/mol. The van der Waals surface area contributed by atoms with Crippen LogP contribution in [0, 0.1) is 12.8 Å². The zero-order valence-corrected chi connectivity index (χ0v) is 18.1. The van der Waals surface area contributed by atoms with Crippen LogP contribution in [-0.4, -0.2) is 48.9 Å². The van der Waals surface area contributed by atoms with Crippen LogP contribution in [0.2, 0.25) is 0 Å². The quantitative estimate of drug-likeness (QED) is 0.447. The molecule has 1 fully saturated rings. The van der Waals surface area contributed by atoms with Crippen molar-refractivity contribution in [3.05, 3.63) is 10.6 Å². The molecule has 27 heavy (non-hydrogen) atoms. The Hall–Kier alpha value is -1.45. The second kappa shape index (κ2) is 11.4. The zero-order chi connectivity index (χ0) is 19.6. The number of hydrogen-bond acceptors (Lipinski definition) is 6. The van der Waals surface area contributed by atoms with Crippen molar-refractivity contribution in [2.45, 2.75) is 46.5 Å². The Balaban J connectivity index is 1.79. The molecule has 152 valence electrons. The fourth-order valence-corrected chi connectivity index (χ4v) is 4.03. The summed E-state index contributed by atoms with van der Waals surface area (Å²) in [4.78, 5) is 19.8. The van der Waals surface area contributed by atoms with Crippen LogP contribution in [0.4, 0.5) is 5.13 Å². The SMILES string of the molecule is CCCC[C@@H](CC)CNC(=S)NNC(=O)c1sc(N2CCOCC2)nc1C. The van der Waals surface area contributed by atoms with E-state index >= 15 is 0 Å². The normalized spacial score (nSPS) is 15.3. The van der Waals surface area contributed by atoms with E-state index in [2.05, 4.69) is 39.9 Å². The van der Waals surface area contributed by atoms with E-state index in [1.165, 1.54) is 30.6 Å². The molecule has 2 heterocycles. The number of unbranched alkanes of at least 4 members (excludes halogenated alkanes) is 1. The van der Waals surface area contributed by atoms with E-state index in [1.807, 2.05) is 6.92 Å². The van der Waals surface area contributed by atoms with Crippen molar-refractivity contribution in [3.8, 4) is 0 Å². The van der Waals surface area contributed by atoms with Gasteiger partial charge in [-0.05, 0) is 31.5 Å². The van der Waals surface area contributed by atoms with Gasteiger partial charge in [0.25, 0.3) is 5.91 Å². The first-order chi connectivity index (χ1) is 13.0. The lowest BCUT2D eigenvalue weighted by molar-refractivity contribution is 0.0947. The molecule has 0 bridgehead atoms. The number of hydrogen-bond donors (Lipinski definition) is 3. The van der Waals surface area contributed by atoms with Gasteiger partial charge in [-0.25, -0.2) is 4.98 Å². The topological polar surface area (TPSA) is 78.5 Å². The Morgan fingerprint density at radius 2 is 2.07 bits per heavy atom. The molecule has 2 rings (SSSR count). The highest BCUT2D eigenvalue weighted by atomic mass is 32.1. The van der Waals surface area contributed by atoms with Crippen molar-refractivity contribution < 1.29 is 9.53 Å². The molecular formula is C18H31N5O2S2. The molecule has 1 aliphatic rings. The minimum atomic E-state index is -0.216. The van der Waals surface area contributed by atoms with Crippen molar-refractivity contribution >= 4 is 39.7 Å². The average Bonchev–Trinajstić information content (AvgIpc) is 3.08. The van der Waals surface area contributed by atoms with Gasteiger partial charge in [-0.15, -0.1) is 0 Å². The summed E-state index contributed by atoms with van der Waals surface area (Å²) in [5, 5.41) is 4.50. The number of nitrogens with zero attached hydrogens (tertiary/aromatic N) is 2. The number of hydrazine groups is 1. The van der Waals surface area contributed by atoms with Crippen molar-refractivity contribution in [3.63, 3.8) is 0 Å². The Morgan fingerprint density at radius 3 is 2.74 bits per heavy atom. The maximum Gasteiger partial charge on any atom is 0.281 e. The van der Waals surface area contributed by atoms with E-state index in [1.54, 1.807) is 0 Å². The number of thiocarbonyl (C=S) groups is 1. The molecule has 9 heteroatoms. The third kappa shape index (κ3) is 6.90. The number of aromatic nitrogens is 1. The van der Waals surface area contributed by atoms with E-state index in [9.17, 15) is 4.79 Å². The third-order valence-corrected chi connectivity index (χ3v) is 6.12. The second-order valence-electron chi connectivity index (χ2n) is 6.72. The van der Waals surface area contributed by atoms with Gasteiger partial charge in [0.1, 0.15) is 4.88 Å². The fraction of sp³-hybridized carbons (Fsp3) is 0.722. The van der Waals surface area contributed by atoms with Crippen LogP contribution in [0.5, 0.6) is 0 Å². The van der Waals surface area contributed by atoms with Gasteiger partial charge >= 0.3 is 0 Å². The predicted octanol–water partition coefficient (Wildman–Crippen LogP) is 2.61. The van der Waals surface area contributed by atoms with E-state index in [-0.39, 0.29) is 5.91 Å². The first kappa shape index (κ1) is 21.8. The Labute approximate surface area is 171 Å². The van der Waals surface area contributed by atoms with Crippen molar-refractivity contribution in [2.75, 3.05) is 37.7 Å². The number of amides is 1. The van der Waals surface area contributed by atoms with Crippen LogP contribution in [0.1, 0.15) is 54.9 Å². The Kier molecular flexibility index (Phi) is 9.23. The predicted molar refractivity (Wildman–Crippen MR) is 114 cm³/mol. The lowest BCUT2D eigenvalue weighted by atomic mass is 9.99. The number of aryl methyl sites for hydroxylation is 1. The van der Waals surface area contributed by atoms with Crippen molar-refractivity contribution in [1.82, 2.24) is 21.2 Å². The van der Waals surface area contributed by atoms with E-state index in [0.717, 1.165) is 36.9 Å². The standard InChI is InChI=1S/C18H31N5O2S2/c1-4-6-7-14(5-2)12-19-17(26)22-21-16(24)15-13(3)20-18(27-15)23-8-10-25-11-9-23/h14H,4-12H2,1-3H3,(H,21,24)(H2,19,22,26)/t14-/m1/s1. The molecule has 0 radical (unpaired) electrons. The van der Waals surface area contributed by atoms with Crippen LogP contribution in [-0.2, 0) is 4.74 Å². The zero-order valence-electron chi connectivity index (χ0n) is 16.5. The van der Waals surface area contributed by atoms with Gasteiger partial charge in [0.2, 0.25) is 0 Å². The molecular weight excluding hydrogens is 382 g/mol. The number of anilines is 1. The summed E-state index contributed by atoms with van der Waals surface area (Å²) in [6.07, 6.45) is 4.74. The highest BCUT2D eigenvalue weighted by molar-refractivity contribution is 7.80. The summed E-state index contributed by atoms with van der Waals surface area (Å²) in [5.41, 5.74) is 6.20. The number of thiazole rings is 1. The van der Waals surface area contributed by atoms with Gasteiger partial charge in [0.05, 0.1) is 18.9 Å². The summed E-state index contributed by atoms with van der Waals surface area (Å²) in [5.74, 6) is 0.381. The van der Waals surface area contributed by atoms with Crippen molar-refractivity contribution in [2.24, 2.45) is 5.92 Å². The number of morpholine rings is 1. The number of ether oxygens (including phenoxy) is 1. The first-order valence-corrected chi connectivity index (χ1v) is 10.9. The minimum absolute atomic E-state index is 0.216. The lowest BCUT2D eigenvalue weighted by Gasteiger charge is -2.25. The van der Waals surface area contributed by atoms with Gasteiger partial charge in [-0.1, -0.05) is 44.4 Å². The molecule has 1 atom stereocenters. The van der Waals surface area contributed by atoms with Crippen LogP contribution < -0.4 is 21.1 Å². The molecule has 0 saturated carbocycles.